The molecule has 1 aliphatic rings. The van der Waals surface area contributed by atoms with Gasteiger partial charge in [0.2, 0.25) is 0 Å². The lowest BCUT2D eigenvalue weighted by Crippen LogP contribution is -2.35. The zero-order valence-corrected chi connectivity index (χ0v) is 10.2. The predicted molar refractivity (Wildman–Crippen MR) is 62.6 cm³/mol. The third kappa shape index (κ3) is 3.62. The number of aliphatic hydroxyl groups is 2. The lowest BCUT2D eigenvalue weighted by atomic mass is 9.68. The van der Waals surface area contributed by atoms with Gasteiger partial charge >= 0.3 is 0 Å². The minimum absolute atomic E-state index is 0.0189. The van der Waals surface area contributed by atoms with Gasteiger partial charge in [-0.1, -0.05) is 32.9 Å². The molecule has 2 heteroatoms. The van der Waals surface area contributed by atoms with E-state index < -0.39 is 5.60 Å². The molecular formula is C13H24O2. The van der Waals surface area contributed by atoms with E-state index in [-0.39, 0.29) is 6.61 Å². The lowest BCUT2D eigenvalue weighted by molar-refractivity contribution is 0.0132. The summed E-state index contributed by atoms with van der Waals surface area (Å²) in [7, 11) is 0. The summed E-state index contributed by atoms with van der Waals surface area (Å²) in [5.74, 6) is 0.709. The maximum Gasteiger partial charge on any atom is 0.0828 e. The van der Waals surface area contributed by atoms with Crippen molar-refractivity contribution < 1.29 is 10.2 Å². The van der Waals surface area contributed by atoms with Crippen LogP contribution in [0.3, 0.4) is 0 Å². The minimum atomic E-state index is -0.662. The maximum absolute atomic E-state index is 10.2. The van der Waals surface area contributed by atoms with Crippen LogP contribution in [0.1, 0.15) is 46.5 Å². The first kappa shape index (κ1) is 12.7. The standard InChI is InChI=1S/C13H24O2/c1-12(2,3)11-5-8-13(15,9-6-11)7-4-10-14/h4,7,11,14-15H,5-6,8-10H2,1-3H3/b7-4+. The number of hydrogen-bond acceptors (Lipinski definition) is 2. The van der Waals surface area contributed by atoms with Crippen molar-refractivity contribution in [2.45, 2.75) is 52.1 Å². The first-order valence-corrected chi connectivity index (χ1v) is 5.88. The van der Waals surface area contributed by atoms with Crippen molar-refractivity contribution >= 4 is 0 Å². The van der Waals surface area contributed by atoms with Crippen LogP contribution in [0.4, 0.5) is 0 Å². The molecule has 1 saturated carbocycles. The Kier molecular flexibility index (Phi) is 3.96. The molecule has 1 aliphatic carbocycles. The quantitative estimate of drug-likeness (QED) is 0.690. The minimum Gasteiger partial charge on any atom is -0.392 e. The van der Waals surface area contributed by atoms with Crippen molar-refractivity contribution in [1.29, 1.82) is 0 Å². The predicted octanol–water partition coefficient (Wildman–Crippen LogP) is 2.50. The average Bonchev–Trinajstić information content (AvgIpc) is 2.14. The fraction of sp³-hybridized carbons (Fsp3) is 0.846. The van der Waals surface area contributed by atoms with Gasteiger partial charge in [-0.15, -0.1) is 0 Å². The topological polar surface area (TPSA) is 40.5 Å². The van der Waals surface area contributed by atoms with E-state index in [2.05, 4.69) is 20.8 Å². The van der Waals surface area contributed by atoms with Gasteiger partial charge in [0.05, 0.1) is 12.2 Å². The number of rotatable bonds is 2. The highest BCUT2D eigenvalue weighted by molar-refractivity contribution is 5.04. The van der Waals surface area contributed by atoms with E-state index in [1.165, 1.54) is 0 Å². The average molecular weight is 212 g/mol. The summed E-state index contributed by atoms with van der Waals surface area (Å²) in [6.07, 6.45) is 7.23. The fourth-order valence-electron chi connectivity index (χ4n) is 2.42. The van der Waals surface area contributed by atoms with Crippen molar-refractivity contribution in [3.63, 3.8) is 0 Å². The van der Waals surface area contributed by atoms with Crippen molar-refractivity contribution in [3.8, 4) is 0 Å². The molecule has 1 rings (SSSR count). The van der Waals surface area contributed by atoms with Crippen LogP contribution < -0.4 is 0 Å². The van der Waals surface area contributed by atoms with Crippen LogP contribution in [0.25, 0.3) is 0 Å². The molecule has 1 fully saturated rings. The Morgan fingerprint density at radius 2 is 1.80 bits per heavy atom. The second-order valence-corrected chi connectivity index (χ2v) is 5.83. The van der Waals surface area contributed by atoms with Crippen molar-refractivity contribution in [2.75, 3.05) is 6.61 Å². The molecule has 0 aromatic heterocycles. The van der Waals surface area contributed by atoms with Gasteiger partial charge in [0, 0.05) is 0 Å². The number of hydrogen-bond donors (Lipinski definition) is 2. The van der Waals surface area contributed by atoms with Gasteiger partial charge < -0.3 is 10.2 Å². The summed E-state index contributed by atoms with van der Waals surface area (Å²) in [5.41, 5.74) is -0.313. The van der Waals surface area contributed by atoms with Gasteiger partial charge in [-0.05, 0) is 37.0 Å². The van der Waals surface area contributed by atoms with Crippen LogP contribution >= 0.6 is 0 Å². The molecule has 2 N–H and O–H groups in total. The zero-order chi connectivity index (χ0) is 11.5. The van der Waals surface area contributed by atoms with E-state index in [0.29, 0.717) is 11.3 Å². The molecule has 0 aliphatic heterocycles. The normalized spacial score (nSPS) is 33.5. The molecule has 15 heavy (non-hydrogen) atoms. The molecule has 0 atom stereocenters. The van der Waals surface area contributed by atoms with Gasteiger partial charge in [-0.25, -0.2) is 0 Å². The Morgan fingerprint density at radius 3 is 2.20 bits per heavy atom. The second-order valence-electron chi connectivity index (χ2n) is 5.83. The second kappa shape index (κ2) is 4.67. The fourth-order valence-corrected chi connectivity index (χ4v) is 2.42. The SMILES string of the molecule is CC(C)(C)C1CCC(O)(/C=C/CO)CC1. The summed E-state index contributed by atoms with van der Waals surface area (Å²) in [6, 6.07) is 0. The zero-order valence-electron chi connectivity index (χ0n) is 10.2. The molecule has 2 nitrogen and oxygen atoms in total. The van der Waals surface area contributed by atoms with Gasteiger partial charge in [0.25, 0.3) is 0 Å². The monoisotopic (exact) mass is 212 g/mol. The van der Waals surface area contributed by atoms with Crippen LogP contribution in [0.2, 0.25) is 0 Å². The van der Waals surface area contributed by atoms with Crippen LogP contribution in [0.15, 0.2) is 12.2 Å². The highest BCUT2D eigenvalue weighted by Crippen LogP contribution is 2.41. The molecule has 0 amide bonds. The van der Waals surface area contributed by atoms with Crippen LogP contribution in [-0.2, 0) is 0 Å². The Labute approximate surface area is 93.0 Å². The molecular weight excluding hydrogens is 188 g/mol. The van der Waals surface area contributed by atoms with Crippen LogP contribution in [0.5, 0.6) is 0 Å². The van der Waals surface area contributed by atoms with E-state index in [4.69, 9.17) is 5.11 Å². The largest absolute Gasteiger partial charge is 0.392 e. The molecule has 0 spiro atoms. The van der Waals surface area contributed by atoms with E-state index in [9.17, 15) is 5.11 Å². The van der Waals surface area contributed by atoms with E-state index in [1.807, 2.05) is 0 Å². The van der Waals surface area contributed by atoms with Crippen LogP contribution in [-0.4, -0.2) is 22.4 Å². The Hall–Kier alpha value is -0.340. The Balaban J connectivity index is 2.51. The summed E-state index contributed by atoms with van der Waals surface area (Å²) in [6.45, 7) is 6.83. The summed E-state index contributed by atoms with van der Waals surface area (Å²) in [4.78, 5) is 0. The molecule has 88 valence electrons. The van der Waals surface area contributed by atoms with Gasteiger partial charge in [0.1, 0.15) is 0 Å². The highest BCUT2D eigenvalue weighted by atomic mass is 16.3. The lowest BCUT2D eigenvalue weighted by Gasteiger charge is -2.40. The van der Waals surface area contributed by atoms with Crippen molar-refractivity contribution in [2.24, 2.45) is 11.3 Å². The van der Waals surface area contributed by atoms with Gasteiger partial charge in [-0.2, -0.15) is 0 Å². The molecule has 0 radical (unpaired) electrons. The third-order valence-corrected chi connectivity index (χ3v) is 3.61. The molecule has 0 aromatic rings. The smallest absolute Gasteiger partial charge is 0.0828 e. The Bertz CT molecular complexity index is 217. The molecule has 0 saturated heterocycles. The van der Waals surface area contributed by atoms with E-state index in [1.54, 1.807) is 12.2 Å². The third-order valence-electron chi connectivity index (χ3n) is 3.61. The van der Waals surface area contributed by atoms with Gasteiger partial charge in [0.15, 0.2) is 0 Å². The first-order chi connectivity index (χ1) is 6.87. The summed E-state index contributed by atoms with van der Waals surface area (Å²) in [5, 5.41) is 18.9. The van der Waals surface area contributed by atoms with E-state index in [0.717, 1.165) is 25.7 Å². The maximum atomic E-state index is 10.2. The molecule has 0 heterocycles. The Morgan fingerprint density at radius 1 is 1.27 bits per heavy atom. The summed E-state index contributed by atoms with van der Waals surface area (Å²) >= 11 is 0. The van der Waals surface area contributed by atoms with Gasteiger partial charge in [-0.3, -0.25) is 0 Å². The van der Waals surface area contributed by atoms with E-state index >= 15 is 0 Å². The van der Waals surface area contributed by atoms with Crippen molar-refractivity contribution in [3.05, 3.63) is 12.2 Å². The van der Waals surface area contributed by atoms with Crippen molar-refractivity contribution in [1.82, 2.24) is 0 Å². The van der Waals surface area contributed by atoms with Crippen LogP contribution in [0, 0.1) is 11.3 Å². The summed E-state index contributed by atoms with van der Waals surface area (Å²) < 4.78 is 0. The molecule has 0 unspecified atom stereocenters. The first-order valence-electron chi connectivity index (χ1n) is 5.88. The number of aliphatic hydroxyl groups excluding tert-OH is 1. The molecule has 0 aromatic carbocycles. The molecule has 0 bridgehead atoms. The highest BCUT2D eigenvalue weighted by Gasteiger charge is 2.35.